The molecule has 92 valence electrons. The highest BCUT2D eigenvalue weighted by Gasteiger charge is 2.06. The van der Waals surface area contributed by atoms with Crippen molar-refractivity contribution >= 4 is 11.7 Å². The monoisotopic (exact) mass is 243 g/mol. The maximum atomic E-state index is 10.9. The zero-order valence-corrected chi connectivity index (χ0v) is 9.92. The topological polar surface area (TPSA) is 75.1 Å². The van der Waals surface area contributed by atoms with Crippen molar-refractivity contribution in [3.05, 3.63) is 53.6 Å². The van der Waals surface area contributed by atoms with E-state index in [0.29, 0.717) is 6.54 Å². The Hall–Kier alpha value is -2.43. The van der Waals surface area contributed by atoms with Gasteiger partial charge in [0.2, 0.25) is 0 Å². The average molecular weight is 243 g/mol. The van der Waals surface area contributed by atoms with Crippen LogP contribution in [0.4, 0.5) is 5.69 Å². The number of benzene rings is 1. The molecule has 0 aliphatic rings. The first-order valence-electron chi connectivity index (χ1n) is 5.49. The zero-order chi connectivity index (χ0) is 13.0. The summed E-state index contributed by atoms with van der Waals surface area (Å²) in [6.45, 7) is 2.43. The smallest absolute Gasteiger partial charge is 0.335 e. The lowest BCUT2D eigenvalue weighted by Gasteiger charge is -2.09. The van der Waals surface area contributed by atoms with Crippen molar-refractivity contribution in [2.45, 2.75) is 13.5 Å². The van der Waals surface area contributed by atoms with Crippen molar-refractivity contribution in [3.8, 4) is 0 Å². The van der Waals surface area contributed by atoms with Gasteiger partial charge in [-0.15, -0.1) is 0 Å². The van der Waals surface area contributed by atoms with Crippen LogP contribution in [0.2, 0.25) is 0 Å². The van der Waals surface area contributed by atoms with Crippen LogP contribution in [0.1, 0.15) is 21.6 Å². The fourth-order valence-electron chi connectivity index (χ4n) is 1.55. The summed E-state index contributed by atoms with van der Waals surface area (Å²) in [6.07, 6.45) is 4.90. The van der Waals surface area contributed by atoms with Crippen LogP contribution in [-0.4, -0.2) is 21.0 Å². The Labute approximate surface area is 105 Å². The summed E-state index contributed by atoms with van der Waals surface area (Å²) in [5.74, 6) is -0.933. The molecule has 0 bridgehead atoms. The SMILES string of the molecule is Cc1ccc(C(=O)O)cc1NCc1cnccn1. The minimum Gasteiger partial charge on any atom is -0.478 e. The summed E-state index contributed by atoms with van der Waals surface area (Å²) in [5.41, 5.74) is 2.85. The zero-order valence-electron chi connectivity index (χ0n) is 9.92. The number of hydrogen-bond donors (Lipinski definition) is 2. The van der Waals surface area contributed by atoms with Crippen LogP contribution < -0.4 is 5.32 Å². The fraction of sp³-hybridized carbons (Fsp3) is 0.154. The molecule has 0 spiro atoms. The van der Waals surface area contributed by atoms with Gasteiger partial charge in [-0.3, -0.25) is 9.97 Å². The van der Waals surface area contributed by atoms with Crippen molar-refractivity contribution in [2.75, 3.05) is 5.32 Å². The van der Waals surface area contributed by atoms with Gasteiger partial charge in [0.15, 0.2) is 0 Å². The molecular formula is C13H13N3O2. The summed E-state index contributed by atoms with van der Waals surface area (Å²) in [5, 5.41) is 12.1. The van der Waals surface area contributed by atoms with Crippen LogP contribution in [0.25, 0.3) is 0 Å². The summed E-state index contributed by atoms with van der Waals surface area (Å²) >= 11 is 0. The molecule has 1 aromatic heterocycles. The molecule has 0 aliphatic heterocycles. The second-order valence-electron chi connectivity index (χ2n) is 3.89. The number of carboxylic acid groups (broad SMARTS) is 1. The molecule has 0 radical (unpaired) electrons. The van der Waals surface area contributed by atoms with Gasteiger partial charge in [-0.2, -0.15) is 0 Å². The second kappa shape index (κ2) is 5.27. The molecule has 2 N–H and O–H groups in total. The maximum absolute atomic E-state index is 10.9. The van der Waals surface area contributed by atoms with Gasteiger partial charge in [-0.1, -0.05) is 6.07 Å². The molecular weight excluding hydrogens is 230 g/mol. The Kier molecular flexibility index (Phi) is 3.52. The number of nitrogens with one attached hydrogen (secondary N) is 1. The minimum atomic E-state index is -0.933. The lowest BCUT2D eigenvalue weighted by Crippen LogP contribution is -2.05. The number of carbonyl (C=O) groups is 1. The van der Waals surface area contributed by atoms with Gasteiger partial charge in [-0.05, 0) is 24.6 Å². The molecule has 1 heterocycles. The van der Waals surface area contributed by atoms with E-state index in [0.717, 1.165) is 16.9 Å². The number of anilines is 1. The van der Waals surface area contributed by atoms with Crippen molar-refractivity contribution in [1.29, 1.82) is 0 Å². The summed E-state index contributed by atoms with van der Waals surface area (Å²) in [6, 6.07) is 4.99. The molecule has 0 fully saturated rings. The van der Waals surface area contributed by atoms with E-state index in [1.165, 1.54) is 0 Å². The van der Waals surface area contributed by atoms with E-state index < -0.39 is 5.97 Å². The molecule has 0 atom stereocenters. The second-order valence-corrected chi connectivity index (χ2v) is 3.89. The van der Waals surface area contributed by atoms with E-state index in [1.54, 1.807) is 36.8 Å². The molecule has 0 unspecified atom stereocenters. The first-order chi connectivity index (χ1) is 8.66. The van der Waals surface area contributed by atoms with Crippen LogP contribution in [0.5, 0.6) is 0 Å². The van der Waals surface area contributed by atoms with Gasteiger partial charge in [0.1, 0.15) is 0 Å². The van der Waals surface area contributed by atoms with Crippen molar-refractivity contribution in [1.82, 2.24) is 9.97 Å². The number of rotatable bonds is 4. The van der Waals surface area contributed by atoms with Gasteiger partial charge < -0.3 is 10.4 Å². The molecule has 18 heavy (non-hydrogen) atoms. The van der Waals surface area contributed by atoms with Gasteiger partial charge in [0.05, 0.1) is 24.0 Å². The Morgan fingerprint density at radius 1 is 1.39 bits per heavy atom. The number of aromatic nitrogens is 2. The largest absolute Gasteiger partial charge is 0.478 e. The normalized spacial score (nSPS) is 10.1. The summed E-state index contributed by atoms with van der Waals surface area (Å²) < 4.78 is 0. The van der Waals surface area contributed by atoms with Crippen LogP contribution in [0.3, 0.4) is 0 Å². The lowest BCUT2D eigenvalue weighted by molar-refractivity contribution is 0.0697. The molecule has 1 aromatic carbocycles. The number of aryl methyl sites for hydroxylation is 1. The van der Waals surface area contributed by atoms with Crippen molar-refractivity contribution in [3.63, 3.8) is 0 Å². The Bertz CT molecular complexity index is 555. The minimum absolute atomic E-state index is 0.266. The van der Waals surface area contributed by atoms with Gasteiger partial charge in [0, 0.05) is 18.1 Å². The number of hydrogen-bond acceptors (Lipinski definition) is 4. The van der Waals surface area contributed by atoms with E-state index in [1.807, 2.05) is 6.92 Å². The third-order valence-electron chi connectivity index (χ3n) is 2.56. The highest BCUT2D eigenvalue weighted by Crippen LogP contribution is 2.17. The summed E-state index contributed by atoms with van der Waals surface area (Å²) in [7, 11) is 0. The van der Waals surface area contributed by atoms with E-state index >= 15 is 0 Å². The fourth-order valence-corrected chi connectivity index (χ4v) is 1.55. The third kappa shape index (κ3) is 2.82. The molecule has 0 amide bonds. The maximum Gasteiger partial charge on any atom is 0.335 e. The number of carboxylic acids is 1. The van der Waals surface area contributed by atoms with E-state index in [-0.39, 0.29) is 5.56 Å². The first-order valence-corrected chi connectivity index (χ1v) is 5.49. The molecule has 2 aromatic rings. The average Bonchev–Trinajstić information content (AvgIpc) is 2.38. The molecule has 0 saturated heterocycles. The van der Waals surface area contributed by atoms with Crippen molar-refractivity contribution in [2.24, 2.45) is 0 Å². The van der Waals surface area contributed by atoms with E-state index in [4.69, 9.17) is 5.11 Å². The molecule has 5 nitrogen and oxygen atoms in total. The number of nitrogens with zero attached hydrogens (tertiary/aromatic N) is 2. The van der Waals surface area contributed by atoms with Crippen LogP contribution in [-0.2, 0) is 6.54 Å². The lowest BCUT2D eigenvalue weighted by atomic mass is 10.1. The first kappa shape index (κ1) is 12.0. The van der Waals surface area contributed by atoms with E-state index in [2.05, 4.69) is 15.3 Å². The Morgan fingerprint density at radius 2 is 2.22 bits per heavy atom. The number of aromatic carboxylic acids is 1. The predicted molar refractivity (Wildman–Crippen MR) is 67.5 cm³/mol. The Balaban J connectivity index is 2.14. The van der Waals surface area contributed by atoms with Gasteiger partial charge in [0.25, 0.3) is 0 Å². The highest BCUT2D eigenvalue weighted by atomic mass is 16.4. The van der Waals surface area contributed by atoms with Crippen molar-refractivity contribution < 1.29 is 9.90 Å². The van der Waals surface area contributed by atoms with Crippen LogP contribution in [0, 0.1) is 6.92 Å². The van der Waals surface area contributed by atoms with E-state index in [9.17, 15) is 4.79 Å². The Morgan fingerprint density at radius 3 is 2.89 bits per heavy atom. The molecule has 0 saturated carbocycles. The standard InChI is InChI=1S/C13H13N3O2/c1-9-2-3-10(13(17)18)6-12(9)16-8-11-7-14-4-5-15-11/h2-7,16H,8H2,1H3,(H,17,18). The molecule has 0 aliphatic carbocycles. The van der Waals surface area contributed by atoms with Gasteiger partial charge >= 0.3 is 5.97 Å². The third-order valence-corrected chi connectivity index (χ3v) is 2.56. The quantitative estimate of drug-likeness (QED) is 0.860. The van der Waals surface area contributed by atoms with Crippen LogP contribution in [0.15, 0.2) is 36.8 Å². The van der Waals surface area contributed by atoms with Crippen LogP contribution >= 0.6 is 0 Å². The molecule has 2 rings (SSSR count). The highest BCUT2D eigenvalue weighted by molar-refractivity contribution is 5.89. The predicted octanol–water partition coefficient (Wildman–Crippen LogP) is 2.10. The molecule has 5 heteroatoms. The summed E-state index contributed by atoms with van der Waals surface area (Å²) in [4.78, 5) is 19.0. The van der Waals surface area contributed by atoms with Gasteiger partial charge in [-0.25, -0.2) is 4.79 Å².